The van der Waals surface area contributed by atoms with Crippen molar-refractivity contribution in [3.05, 3.63) is 58.6 Å². The molecule has 15 heavy (non-hydrogen) atoms. The smallest absolute Gasteiger partial charge is 0.238 e. The van der Waals surface area contributed by atoms with Crippen molar-refractivity contribution in [3.8, 4) is 0 Å². The zero-order valence-corrected chi connectivity index (χ0v) is 8.36. The summed E-state index contributed by atoms with van der Waals surface area (Å²) >= 11 is 0. The number of hydrogen-bond acceptors (Lipinski definition) is 2. The van der Waals surface area contributed by atoms with Crippen LogP contribution in [0.15, 0.2) is 58.6 Å². The van der Waals surface area contributed by atoms with Gasteiger partial charge in [0.05, 0.1) is 0 Å². The van der Waals surface area contributed by atoms with E-state index >= 15 is 0 Å². The van der Waals surface area contributed by atoms with Crippen molar-refractivity contribution >= 4 is 0 Å². The first-order valence-corrected chi connectivity index (χ1v) is 5.23. The van der Waals surface area contributed by atoms with Crippen molar-refractivity contribution in [1.82, 2.24) is 0 Å². The Balaban J connectivity index is 1.96. The van der Waals surface area contributed by atoms with Gasteiger partial charge < -0.3 is 9.47 Å². The molecule has 2 atom stereocenters. The lowest BCUT2D eigenvalue weighted by Gasteiger charge is -2.04. The minimum atomic E-state index is -0.144. The normalized spacial score (nSPS) is 34.1. The van der Waals surface area contributed by atoms with Crippen LogP contribution in [0.25, 0.3) is 0 Å². The zero-order chi connectivity index (χ0) is 9.99. The van der Waals surface area contributed by atoms with Gasteiger partial charge in [0.25, 0.3) is 0 Å². The van der Waals surface area contributed by atoms with E-state index in [1.54, 1.807) is 0 Å². The molecule has 3 aliphatic carbocycles. The van der Waals surface area contributed by atoms with Gasteiger partial charge in [-0.15, -0.1) is 0 Å². The van der Waals surface area contributed by atoms with Crippen LogP contribution in [0.1, 0.15) is 6.92 Å². The standard InChI is InChI=1S/C13H10O2/c1-7-14-10-6-8-4-2-3-5-9-11(8)12(9)13(10)15-7/h2-7,11H,1H3/t7?,11-/m0/s1. The highest BCUT2D eigenvalue weighted by molar-refractivity contribution is 5.72. The predicted octanol–water partition coefficient (Wildman–Crippen LogP) is 2.58. The molecule has 1 aliphatic heterocycles. The molecule has 4 rings (SSSR count). The van der Waals surface area contributed by atoms with Crippen LogP contribution >= 0.6 is 0 Å². The van der Waals surface area contributed by atoms with E-state index in [9.17, 15) is 0 Å². The van der Waals surface area contributed by atoms with Crippen molar-refractivity contribution in [2.24, 2.45) is 5.92 Å². The van der Waals surface area contributed by atoms with E-state index in [-0.39, 0.29) is 6.29 Å². The lowest BCUT2D eigenvalue weighted by molar-refractivity contribution is -0.000596. The Morgan fingerprint density at radius 3 is 2.93 bits per heavy atom. The van der Waals surface area contributed by atoms with E-state index in [1.807, 2.05) is 6.92 Å². The maximum absolute atomic E-state index is 5.67. The molecule has 1 unspecified atom stereocenters. The van der Waals surface area contributed by atoms with Crippen molar-refractivity contribution in [2.75, 3.05) is 0 Å². The van der Waals surface area contributed by atoms with Crippen molar-refractivity contribution in [1.29, 1.82) is 0 Å². The van der Waals surface area contributed by atoms with Gasteiger partial charge in [0.15, 0.2) is 11.5 Å². The van der Waals surface area contributed by atoms with Gasteiger partial charge >= 0.3 is 0 Å². The van der Waals surface area contributed by atoms with E-state index in [1.165, 1.54) is 16.7 Å². The van der Waals surface area contributed by atoms with Gasteiger partial charge in [-0.1, -0.05) is 24.3 Å². The van der Waals surface area contributed by atoms with Crippen molar-refractivity contribution < 1.29 is 9.47 Å². The Morgan fingerprint density at radius 1 is 1.13 bits per heavy atom. The third-order valence-electron chi connectivity index (χ3n) is 3.18. The summed E-state index contributed by atoms with van der Waals surface area (Å²) in [6, 6.07) is 0. The van der Waals surface area contributed by atoms with E-state index < -0.39 is 0 Å². The fourth-order valence-corrected chi connectivity index (χ4v) is 2.51. The van der Waals surface area contributed by atoms with Gasteiger partial charge in [0.2, 0.25) is 6.29 Å². The van der Waals surface area contributed by atoms with Gasteiger partial charge in [0.1, 0.15) is 0 Å². The molecule has 0 amide bonds. The van der Waals surface area contributed by atoms with Crippen molar-refractivity contribution in [2.45, 2.75) is 13.2 Å². The molecule has 1 heterocycles. The summed E-state index contributed by atoms with van der Waals surface area (Å²) in [5.74, 6) is 2.34. The highest BCUT2D eigenvalue weighted by Crippen LogP contribution is 2.58. The molecule has 2 heteroatoms. The Bertz CT molecular complexity index is 515. The first-order valence-electron chi connectivity index (χ1n) is 5.23. The lowest BCUT2D eigenvalue weighted by atomic mass is 10.0. The molecule has 2 nitrogen and oxygen atoms in total. The van der Waals surface area contributed by atoms with Crippen LogP contribution in [0.3, 0.4) is 0 Å². The molecule has 0 aromatic heterocycles. The number of allylic oxidation sites excluding steroid dienone is 8. The molecule has 4 aliphatic rings. The average Bonchev–Trinajstić information content (AvgIpc) is 2.85. The second-order valence-electron chi connectivity index (χ2n) is 4.16. The van der Waals surface area contributed by atoms with Crippen molar-refractivity contribution in [3.63, 3.8) is 0 Å². The predicted molar refractivity (Wildman–Crippen MR) is 55.5 cm³/mol. The molecule has 0 spiro atoms. The lowest BCUT2D eigenvalue weighted by Crippen LogP contribution is -1.97. The zero-order valence-electron chi connectivity index (χ0n) is 8.36. The Labute approximate surface area is 87.9 Å². The minimum absolute atomic E-state index is 0.144. The summed E-state index contributed by atoms with van der Waals surface area (Å²) in [6.45, 7) is 1.93. The first-order chi connectivity index (χ1) is 7.34. The summed E-state index contributed by atoms with van der Waals surface area (Å²) in [6.07, 6.45) is 10.4. The summed E-state index contributed by atoms with van der Waals surface area (Å²) in [5.41, 5.74) is 4.03. The second kappa shape index (κ2) is 2.27. The number of rotatable bonds is 0. The molecule has 2 fully saturated rings. The maximum atomic E-state index is 5.67. The average molecular weight is 198 g/mol. The quantitative estimate of drug-likeness (QED) is 0.595. The van der Waals surface area contributed by atoms with Crippen LogP contribution in [-0.2, 0) is 9.47 Å². The van der Waals surface area contributed by atoms with Gasteiger partial charge in [-0.25, -0.2) is 0 Å². The summed E-state index contributed by atoms with van der Waals surface area (Å²) in [5, 5.41) is 0. The van der Waals surface area contributed by atoms with E-state index in [4.69, 9.17) is 9.47 Å². The third-order valence-corrected chi connectivity index (χ3v) is 3.18. The van der Waals surface area contributed by atoms with E-state index in [0.29, 0.717) is 5.92 Å². The monoisotopic (exact) mass is 198 g/mol. The van der Waals surface area contributed by atoms with E-state index in [0.717, 1.165) is 11.5 Å². The number of hydrogen-bond donors (Lipinski definition) is 0. The van der Waals surface area contributed by atoms with Crippen LogP contribution in [-0.4, -0.2) is 6.29 Å². The molecule has 0 aromatic carbocycles. The number of fused-ring (bicyclic) bond motifs is 2. The van der Waals surface area contributed by atoms with Crippen LogP contribution in [0.5, 0.6) is 0 Å². The molecule has 0 bridgehead atoms. The largest absolute Gasteiger partial charge is 0.451 e. The fourth-order valence-electron chi connectivity index (χ4n) is 2.51. The van der Waals surface area contributed by atoms with Crippen LogP contribution in [0.4, 0.5) is 0 Å². The Kier molecular flexibility index (Phi) is 1.15. The highest BCUT2D eigenvalue weighted by atomic mass is 16.7. The van der Waals surface area contributed by atoms with Gasteiger partial charge in [-0.2, -0.15) is 0 Å². The highest BCUT2D eigenvalue weighted by Gasteiger charge is 2.49. The molecule has 74 valence electrons. The van der Waals surface area contributed by atoms with E-state index in [2.05, 4.69) is 30.4 Å². The molecule has 1 saturated carbocycles. The molecule has 0 radical (unpaired) electrons. The van der Waals surface area contributed by atoms with Gasteiger partial charge in [-0.3, -0.25) is 0 Å². The second-order valence-corrected chi connectivity index (χ2v) is 4.16. The van der Waals surface area contributed by atoms with Gasteiger partial charge in [-0.05, 0) is 17.2 Å². The molecule has 0 aromatic rings. The first kappa shape index (κ1) is 7.57. The summed E-state index contributed by atoms with van der Waals surface area (Å²) in [4.78, 5) is 0. The molecule has 1 saturated heterocycles. The summed E-state index contributed by atoms with van der Waals surface area (Å²) in [7, 11) is 0. The molecular formula is C13H10O2. The fraction of sp³-hybridized carbons (Fsp3) is 0.231. The number of ether oxygens (including phenoxy) is 2. The third kappa shape index (κ3) is 0.845. The Hall–Kier alpha value is -1.70. The maximum Gasteiger partial charge on any atom is 0.238 e. The van der Waals surface area contributed by atoms with Gasteiger partial charge in [0, 0.05) is 18.4 Å². The van der Waals surface area contributed by atoms with Crippen LogP contribution in [0, 0.1) is 5.92 Å². The topological polar surface area (TPSA) is 18.5 Å². The Morgan fingerprint density at radius 2 is 2.00 bits per heavy atom. The SMILES string of the molecule is CC1OC2=CC3=CC=CC=C4C(=C2O1)[C@@H]34. The minimum Gasteiger partial charge on any atom is -0.451 e. The molecule has 0 N–H and O–H groups in total. The summed E-state index contributed by atoms with van der Waals surface area (Å²) < 4.78 is 11.3. The molecular weight excluding hydrogens is 188 g/mol. The van der Waals surface area contributed by atoms with Crippen LogP contribution < -0.4 is 0 Å². The van der Waals surface area contributed by atoms with Crippen LogP contribution in [0.2, 0.25) is 0 Å².